The largest absolute Gasteiger partial charge is 0.356 e. The van der Waals surface area contributed by atoms with Gasteiger partial charge in [-0.05, 0) is 6.42 Å². The quantitative estimate of drug-likeness (QED) is 0.416. The third kappa shape index (κ3) is 10.1. The van der Waals surface area contributed by atoms with Crippen LogP contribution in [0.5, 0.6) is 0 Å². The van der Waals surface area contributed by atoms with E-state index in [1.165, 1.54) is 25.7 Å². The molecule has 1 amide bonds. The highest BCUT2D eigenvalue weighted by atomic mass is 127. The van der Waals surface area contributed by atoms with Gasteiger partial charge in [0.2, 0.25) is 5.91 Å². The van der Waals surface area contributed by atoms with Crippen LogP contribution in [0.1, 0.15) is 45.4 Å². The number of carbonyl (C=O) groups is 1. The fourth-order valence-corrected chi connectivity index (χ4v) is 1.62. The van der Waals surface area contributed by atoms with E-state index in [-0.39, 0.29) is 5.91 Å². The Morgan fingerprint density at radius 1 is 1.23 bits per heavy atom. The lowest BCUT2D eigenvalue weighted by Crippen LogP contribution is -2.24. The number of amides is 1. The molecule has 0 aliphatic heterocycles. The molecule has 1 N–H and O–H groups in total. The average molecular weight is 297 g/mol. The molecule has 0 saturated heterocycles. The van der Waals surface area contributed by atoms with E-state index >= 15 is 0 Å². The maximum atomic E-state index is 11.0. The summed E-state index contributed by atoms with van der Waals surface area (Å²) in [7, 11) is 0. The second kappa shape index (κ2) is 10.3. The minimum absolute atomic E-state index is 0.199. The number of halogens is 1. The molecule has 0 fully saturated rings. The van der Waals surface area contributed by atoms with Crippen LogP contribution < -0.4 is 5.32 Å². The van der Waals surface area contributed by atoms with Crippen LogP contribution in [0, 0.1) is 0 Å². The van der Waals surface area contributed by atoms with Crippen molar-refractivity contribution in [3.63, 3.8) is 0 Å². The molecule has 0 radical (unpaired) electrons. The van der Waals surface area contributed by atoms with Crippen molar-refractivity contribution < 1.29 is 4.79 Å². The summed E-state index contributed by atoms with van der Waals surface area (Å²) in [4.78, 5) is 11.0. The van der Waals surface area contributed by atoms with Gasteiger partial charge in [0.25, 0.3) is 0 Å². The highest BCUT2D eigenvalue weighted by molar-refractivity contribution is 14.1. The summed E-state index contributed by atoms with van der Waals surface area (Å²) in [5.74, 6) is 0.199. The van der Waals surface area contributed by atoms with Gasteiger partial charge in [0, 0.05) is 17.4 Å². The van der Waals surface area contributed by atoms with Gasteiger partial charge in [-0.3, -0.25) is 4.79 Å². The lowest BCUT2D eigenvalue weighted by atomic mass is 10.1. The van der Waals surface area contributed by atoms with Crippen molar-refractivity contribution in [2.45, 2.75) is 45.4 Å². The van der Waals surface area contributed by atoms with Crippen LogP contribution in [0.4, 0.5) is 0 Å². The van der Waals surface area contributed by atoms with E-state index in [9.17, 15) is 4.79 Å². The molecular formula is C10H20INO. The lowest BCUT2D eigenvalue weighted by Gasteiger charge is -2.03. The molecule has 0 aromatic rings. The van der Waals surface area contributed by atoms with E-state index in [0.717, 1.165) is 17.4 Å². The van der Waals surface area contributed by atoms with Gasteiger partial charge >= 0.3 is 0 Å². The maximum Gasteiger partial charge on any atom is 0.220 e. The highest BCUT2D eigenvalue weighted by Gasteiger charge is 1.97. The van der Waals surface area contributed by atoms with Gasteiger partial charge in [-0.1, -0.05) is 55.2 Å². The molecule has 0 aromatic carbocycles. The standard InChI is InChI=1S/C10H20INO/c1-2-3-4-5-6-9-12-10(13)7-8-11/h2-9H2,1H3,(H,12,13). The number of alkyl halides is 1. The molecule has 13 heavy (non-hydrogen) atoms. The van der Waals surface area contributed by atoms with Crippen LogP contribution in [-0.4, -0.2) is 16.9 Å². The summed E-state index contributed by atoms with van der Waals surface area (Å²) in [6.07, 6.45) is 6.95. The first-order chi connectivity index (χ1) is 6.31. The maximum absolute atomic E-state index is 11.0. The first kappa shape index (κ1) is 13.2. The van der Waals surface area contributed by atoms with Crippen LogP contribution in [0.15, 0.2) is 0 Å². The van der Waals surface area contributed by atoms with Gasteiger partial charge in [-0.15, -0.1) is 0 Å². The Balaban J connectivity index is 3.02. The zero-order valence-electron chi connectivity index (χ0n) is 8.44. The van der Waals surface area contributed by atoms with Crippen LogP contribution in [0.2, 0.25) is 0 Å². The minimum Gasteiger partial charge on any atom is -0.356 e. The molecule has 0 saturated carbocycles. The molecule has 0 aliphatic rings. The summed E-state index contributed by atoms with van der Waals surface area (Å²) in [5.41, 5.74) is 0. The van der Waals surface area contributed by atoms with Crippen molar-refractivity contribution in [3.8, 4) is 0 Å². The fraction of sp³-hybridized carbons (Fsp3) is 0.900. The first-order valence-corrected chi connectivity index (χ1v) is 6.66. The Hall–Kier alpha value is 0.200. The topological polar surface area (TPSA) is 29.1 Å². The van der Waals surface area contributed by atoms with Crippen molar-refractivity contribution in [3.05, 3.63) is 0 Å². The number of hydrogen-bond acceptors (Lipinski definition) is 1. The smallest absolute Gasteiger partial charge is 0.220 e. The molecular weight excluding hydrogens is 277 g/mol. The molecule has 0 heterocycles. The van der Waals surface area contributed by atoms with E-state index < -0.39 is 0 Å². The van der Waals surface area contributed by atoms with Gasteiger partial charge in [-0.2, -0.15) is 0 Å². The SMILES string of the molecule is CCCCCCCNC(=O)CCI. The molecule has 2 nitrogen and oxygen atoms in total. The molecule has 0 spiro atoms. The molecule has 0 bridgehead atoms. The molecule has 0 unspecified atom stereocenters. The van der Waals surface area contributed by atoms with Crippen LogP contribution in [-0.2, 0) is 4.79 Å². The normalized spacial score (nSPS) is 10.0. The van der Waals surface area contributed by atoms with Crippen molar-refractivity contribution in [1.29, 1.82) is 0 Å². The predicted octanol–water partition coefficient (Wildman–Crippen LogP) is 2.90. The van der Waals surface area contributed by atoms with E-state index in [1.807, 2.05) is 0 Å². The number of nitrogens with one attached hydrogen (secondary N) is 1. The molecule has 78 valence electrons. The van der Waals surface area contributed by atoms with Gasteiger partial charge < -0.3 is 5.32 Å². The summed E-state index contributed by atoms with van der Waals surface area (Å²) in [6.45, 7) is 3.07. The number of rotatable bonds is 8. The van der Waals surface area contributed by atoms with Gasteiger partial charge in [0.15, 0.2) is 0 Å². The van der Waals surface area contributed by atoms with Gasteiger partial charge in [0.05, 0.1) is 0 Å². The number of carbonyl (C=O) groups excluding carboxylic acids is 1. The Morgan fingerprint density at radius 2 is 1.92 bits per heavy atom. The van der Waals surface area contributed by atoms with Crippen LogP contribution in [0.3, 0.4) is 0 Å². The summed E-state index contributed by atoms with van der Waals surface area (Å²) >= 11 is 2.22. The van der Waals surface area contributed by atoms with Crippen molar-refractivity contribution in [2.75, 3.05) is 11.0 Å². The molecule has 0 atom stereocenters. The Bertz CT molecular complexity index is 128. The highest BCUT2D eigenvalue weighted by Crippen LogP contribution is 2.01. The zero-order chi connectivity index (χ0) is 9.94. The van der Waals surface area contributed by atoms with Crippen molar-refractivity contribution >= 4 is 28.5 Å². The number of unbranched alkanes of at least 4 members (excludes halogenated alkanes) is 4. The average Bonchev–Trinajstić information content (AvgIpc) is 2.11. The second-order valence-electron chi connectivity index (χ2n) is 3.20. The van der Waals surface area contributed by atoms with E-state index in [4.69, 9.17) is 0 Å². The first-order valence-electron chi connectivity index (χ1n) is 5.14. The van der Waals surface area contributed by atoms with Crippen LogP contribution in [0.25, 0.3) is 0 Å². The second-order valence-corrected chi connectivity index (χ2v) is 4.28. The van der Waals surface area contributed by atoms with Gasteiger partial charge in [0.1, 0.15) is 0 Å². The third-order valence-corrected chi connectivity index (χ3v) is 2.46. The van der Waals surface area contributed by atoms with E-state index in [0.29, 0.717) is 6.42 Å². The number of hydrogen-bond donors (Lipinski definition) is 1. The Kier molecular flexibility index (Phi) is 10.4. The Morgan fingerprint density at radius 3 is 2.54 bits per heavy atom. The third-order valence-electron chi connectivity index (χ3n) is 1.92. The predicted molar refractivity (Wildman–Crippen MR) is 65.3 cm³/mol. The fourth-order valence-electron chi connectivity index (χ4n) is 1.13. The summed E-state index contributed by atoms with van der Waals surface area (Å²) in [5, 5.41) is 2.92. The Labute approximate surface area is 95.0 Å². The summed E-state index contributed by atoms with van der Waals surface area (Å²) in [6, 6.07) is 0. The molecule has 0 aromatic heterocycles. The zero-order valence-corrected chi connectivity index (χ0v) is 10.6. The molecule has 3 heteroatoms. The van der Waals surface area contributed by atoms with Gasteiger partial charge in [-0.25, -0.2) is 0 Å². The lowest BCUT2D eigenvalue weighted by molar-refractivity contribution is -0.120. The monoisotopic (exact) mass is 297 g/mol. The van der Waals surface area contributed by atoms with Crippen molar-refractivity contribution in [1.82, 2.24) is 5.32 Å². The van der Waals surface area contributed by atoms with Crippen molar-refractivity contribution in [2.24, 2.45) is 0 Å². The minimum atomic E-state index is 0.199. The van der Waals surface area contributed by atoms with E-state index in [2.05, 4.69) is 34.8 Å². The summed E-state index contributed by atoms with van der Waals surface area (Å²) < 4.78 is 0.916. The van der Waals surface area contributed by atoms with Crippen LogP contribution >= 0.6 is 22.6 Å². The van der Waals surface area contributed by atoms with E-state index in [1.54, 1.807) is 0 Å². The molecule has 0 aliphatic carbocycles. The molecule has 0 rings (SSSR count).